The first-order valence-electron chi connectivity index (χ1n) is 10.5. The van der Waals surface area contributed by atoms with Crippen molar-refractivity contribution >= 4 is 35.0 Å². The Bertz CT molecular complexity index is 1360. The molecule has 0 amide bonds. The predicted molar refractivity (Wildman–Crippen MR) is 137 cm³/mol. The van der Waals surface area contributed by atoms with E-state index in [2.05, 4.69) is 38.8 Å². The molecule has 0 aliphatic heterocycles. The molecule has 2 aromatic heterocycles. The molecule has 0 atom stereocenters. The Morgan fingerprint density at radius 1 is 1.26 bits per heavy atom. The van der Waals surface area contributed by atoms with Crippen LogP contribution >= 0.6 is 0 Å². The van der Waals surface area contributed by atoms with E-state index >= 15 is 0 Å². The molecule has 10 heteroatoms. The van der Waals surface area contributed by atoms with Gasteiger partial charge in [0.05, 0.1) is 11.4 Å². The van der Waals surface area contributed by atoms with Crippen molar-refractivity contribution in [1.29, 1.82) is 0 Å². The Kier molecular flexibility index (Phi) is 7.43. The summed E-state index contributed by atoms with van der Waals surface area (Å²) in [6, 6.07) is 7.17. The molecular weight excluding hydrogens is 455 g/mol. The predicted octanol–water partition coefficient (Wildman–Crippen LogP) is 5.72. The van der Waals surface area contributed by atoms with Gasteiger partial charge >= 0.3 is 6.18 Å². The molecular formula is C25H26F3N7. The van der Waals surface area contributed by atoms with Gasteiger partial charge in [-0.25, -0.2) is 4.98 Å². The zero-order valence-electron chi connectivity index (χ0n) is 19.6. The van der Waals surface area contributed by atoms with E-state index in [1.807, 2.05) is 6.07 Å². The van der Waals surface area contributed by atoms with Crippen LogP contribution in [0.1, 0.15) is 18.2 Å². The van der Waals surface area contributed by atoms with Crippen molar-refractivity contribution in [2.24, 2.45) is 10.7 Å². The normalized spacial score (nSPS) is 12.9. The SMILES string of the molecule is C=CC(=C)Nc1cccc(-n2c(/C=C(\C)C(F)(F)F)c(C)c3cnc(N/C(C=NC)=C/N)nc32)c1. The number of rotatable bonds is 8. The number of allylic oxidation sites excluding steroid dienone is 3. The van der Waals surface area contributed by atoms with Crippen LogP contribution < -0.4 is 16.4 Å². The summed E-state index contributed by atoms with van der Waals surface area (Å²) in [7, 11) is 1.59. The highest BCUT2D eigenvalue weighted by molar-refractivity contribution is 5.88. The maximum absolute atomic E-state index is 13.4. The van der Waals surface area contributed by atoms with Crippen molar-refractivity contribution in [1.82, 2.24) is 14.5 Å². The number of benzene rings is 1. The lowest BCUT2D eigenvalue weighted by Crippen LogP contribution is -2.10. The van der Waals surface area contributed by atoms with Crippen molar-refractivity contribution in [3.05, 3.63) is 84.1 Å². The summed E-state index contributed by atoms with van der Waals surface area (Å²) in [5, 5.41) is 6.66. The number of hydrogen-bond donors (Lipinski definition) is 3. The number of alkyl halides is 3. The zero-order valence-corrected chi connectivity index (χ0v) is 19.6. The average molecular weight is 482 g/mol. The van der Waals surface area contributed by atoms with E-state index < -0.39 is 11.7 Å². The number of aromatic nitrogens is 3. The van der Waals surface area contributed by atoms with Crippen LogP contribution in [0, 0.1) is 6.92 Å². The second-order valence-electron chi connectivity index (χ2n) is 7.64. The molecule has 4 N–H and O–H groups in total. The van der Waals surface area contributed by atoms with Gasteiger partial charge in [-0.15, -0.1) is 0 Å². The fourth-order valence-electron chi connectivity index (χ4n) is 3.35. The van der Waals surface area contributed by atoms with Gasteiger partial charge in [0.25, 0.3) is 0 Å². The van der Waals surface area contributed by atoms with Gasteiger partial charge in [-0.2, -0.15) is 18.2 Å². The minimum Gasteiger partial charge on any atom is -0.403 e. The van der Waals surface area contributed by atoms with Crippen LogP contribution in [0.15, 0.2) is 77.9 Å². The van der Waals surface area contributed by atoms with E-state index in [-0.39, 0.29) is 5.95 Å². The van der Waals surface area contributed by atoms with Crippen LogP contribution in [0.4, 0.5) is 24.8 Å². The number of halogens is 3. The number of nitrogens with two attached hydrogens (primary N) is 1. The summed E-state index contributed by atoms with van der Waals surface area (Å²) in [4.78, 5) is 12.8. The van der Waals surface area contributed by atoms with Crippen molar-refractivity contribution < 1.29 is 13.2 Å². The van der Waals surface area contributed by atoms with E-state index in [4.69, 9.17) is 5.73 Å². The van der Waals surface area contributed by atoms with Crippen LogP contribution in [0.3, 0.4) is 0 Å². The van der Waals surface area contributed by atoms with Gasteiger partial charge in [0.15, 0.2) is 5.65 Å². The molecule has 0 saturated carbocycles. The van der Waals surface area contributed by atoms with Gasteiger partial charge < -0.3 is 16.4 Å². The smallest absolute Gasteiger partial charge is 0.403 e. The molecule has 0 bridgehead atoms. The van der Waals surface area contributed by atoms with Gasteiger partial charge in [-0.3, -0.25) is 9.56 Å². The molecule has 35 heavy (non-hydrogen) atoms. The van der Waals surface area contributed by atoms with E-state index in [0.29, 0.717) is 45.1 Å². The summed E-state index contributed by atoms with van der Waals surface area (Å²) in [6.45, 7) is 10.3. The molecule has 2 heterocycles. The Balaban J connectivity index is 2.29. The third-order valence-electron chi connectivity index (χ3n) is 5.17. The molecule has 0 spiro atoms. The lowest BCUT2D eigenvalue weighted by atomic mass is 10.1. The summed E-state index contributed by atoms with van der Waals surface area (Å²) in [6.07, 6.45) is 2.58. The molecule has 3 aromatic rings. The third kappa shape index (κ3) is 5.60. The highest BCUT2D eigenvalue weighted by Gasteiger charge is 2.31. The van der Waals surface area contributed by atoms with Crippen molar-refractivity contribution in [2.75, 3.05) is 17.7 Å². The number of aliphatic imine (C=N–C) groups is 1. The molecule has 182 valence electrons. The molecule has 1 aromatic carbocycles. The lowest BCUT2D eigenvalue weighted by Gasteiger charge is -2.13. The largest absolute Gasteiger partial charge is 0.412 e. The van der Waals surface area contributed by atoms with Crippen LogP contribution in [0.2, 0.25) is 0 Å². The van der Waals surface area contributed by atoms with E-state index in [1.54, 1.807) is 49.0 Å². The Morgan fingerprint density at radius 2 is 2.00 bits per heavy atom. The summed E-state index contributed by atoms with van der Waals surface area (Å²) >= 11 is 0. The van der Waals surface area contributed by atoms with Crippen LogP contribution in [0.5, 0.6) is 0 Å². The van der Waals surface area contributed by atoms with E-state index in [0.717, 1.165) is 13.0 Å². The number of fused-ring (bicyclic) bond motifs is 1. The summed E-state index contributed by atoms with van der Waals surface area (Å²) in [5.41, 5.74) is 8.58. The number of anilines is 2. The Hall–Kier alpha value is -4.34. The molecule has 0 aliphatic carbocycles. The minimum atomic E-state index is -4.47. The lowest BCUT2D eigenvalue weighted by molar-refractivity contribution is -0.0903. The second kappa shape index (κ2) is 10.3. The number of nitrogens with zero attached hydrogens (tertiary/aromatic N) is 4. The number of hydrogen-bond acceptors (Lipinski definition) is 6. The molecule has 7 nitrogen and oxygen atoms in total. The van der Waals surface area contributed by atoms with E-state index in [1.165, 1.54) is 12.4 Å². The third-order valence-corrected chi connectivity index (χ3v) is 5.17. The zero-order chi connectivity index (χ0) is 25.8. The van der Waals surface area contributed by atoms with Gasteiger partial charge in [-0.05, 0) is 49.8 Å². The van der Waals surface area contributed by atoms with Crippen LogP contribution in [-0.2, 0) is 0 Å². The van der Waals surface area contributed by atoms with Crippen molar-refractivity contribution in [3.63, 3.8) is 0 Å². The molecule has 0 fully saturated rings. The van der Waals surface area contributed by atoms with Gasteiger partial charge in [0.1, 0.15) is 0 Å². The first kappa shape index (κ1) is 25.3. The Morgan fingerprint density at radius 3 is 2.63 bits per heavy atom. The van der Waals surface area contributed by atoms with Crippen molar-refractivity contribution in [2.45, 2.75) is 20.0 Å². The van der Waals surface area contributed by atoms with Gasteiger partial charge in [0.2, 0.25) is 5.95 Å². The number of nitrogens with one attached hydrogen (secondary N) is 2. The van der Waals surface area contributed by atoms with Crippen LogP contribution in [0.25, 0.3) is 22.8 Å². The average Bonchev–Trinajstić information content (AvgIpc) is 3.09. The minimum absolute atomic E-state index is 0.213. The molecule has 0 saturated heterocycles. The first-order valence-corrected chi connectivity index (χ1v) is 10.5. The molecule has 3 rings (SSSR count). The quantitative estimate of drug-likeness (QED) is 0.283. The summed E-state index contributed by atoms with van der Waals surface area (Å²) < 4.78 is 42.0. The van der Waals surface area contributed by atoms with E-state index in [9.17, 15) is 13.2 Å². The van der Waals surface area contributed by atoms with Gasteiger partial charge in [0, 0.05) is 53.7 Å². The highest BCUT2D eigenvalue weighted by atomic mass is 19.4. The molecule has 0 unspecified atom stereocenters. The maximum Gasteiger partial charge on any atom is 0.412 e. The first-order chi connectivity index (χ1) is 16.6. The highest BCUT2D eigenvalue weighted by Crippen LogP contribution is 2.34. The molecule has 0 aliphatic rings. The summed E-state index contributed by atoms with van der Waals surface area (Å²) in [5.74, 6) is 0.213. The van der Waals surface area contributed by atoms with Crippen molar-refractivity contribution in [3.8, 4) is 5.69 Å². The standard InChI is InChI=1S/C25H26F3N7/c1-6-16(3)32-18-8-7-9-20(11-18)35-22(10-15(2)25(26,27)28)17(4)21-14-31-24(34-23(21)35)33-19(12-29)13-30-5/h6-14,32H,1,3,29H2,2,4-5H3,(H,31,33,34)/b15-10+,19-12+,30-13?. The fraction of sp³-hybridized carbons (Fsp3) is 0.160. The topological polar surface area (TPSA) is 93.2 Å². The van der Waals surface area contributed by atoms with Gasteiger partial charge in [-0.1, -0.05) is 19.2 Å². The Labute approximate surface area is 201 Å². The molecule has 0 radical (unpaired) electrons. The maximum atomic E-state index is 13.4. The second-order valence-corrected chi connectivity index (χ2v) is 7.64. The number of aryl methyl sites for hydroxylation is 1. The fourth-order valence-corrected chi connectivity index (χ4v) is 3.35. The van der Waals surface area contributed by atoms with Crippen LogP contribution in [-0.4, -0.2) is 34.0 Å². The monoisotopic (exact) mass is 481 g/mol.